The first-order valence-corrected chi connectivity index (χ1v) is 4.97. The Balaban J connectivity index is 2.58. The topological polar surface area (TPSA) is 46.2 Å². The minimum atomic E-state index is -1.22. The van der Waals surface area contributed by atoms with E-state index in [1.165, 1.54) is 11.5 Å². The lowest BCUT2D eigenvalue weighted by atomic mass is 10.3. The summed E-state index contributed by atoms with van der Waals surface area (Å²) < 4.78 is 11.5. The van der Waals surface area contributed by atoms with E-state index in [4.69, 9.17) is 0 Å². The van der Waals surface area contributed by atoms with Gasteiger partial charge in [0.05, 0.1) is 21.4 Å². The summed E-state index contributed by atoms with van der Waals surface area (Å²) in [6, 6.07) is 7.06. The molecule has 1 unspecified atom stereocenters. The largest absolute Gasteiger partial charge is 0.321 e. The highest BCUT2D eigenvalue weighted by Gasteiger charge is 2.12. The molecule has 1 heterocycles. The Labute approximate surface area is 77.9 Å². The van der Waals surface area contributed by atoms with E-state index in [0.717, 1.165) is 0 Å². The zero-order chi connectivity index (χ0) is 9.26. The van der Waals surface area contributed by atoms with Crippen LogP contribution in [0.4, 0.5) is 5.69 Å². The molecule has 13 heavy (non-hydrogen) atoms. The molecule has 0 aromatic heterocycles. The van der Waals surface area contributed by atoms with E-state index in [2.05, 4.69) is 5.32 Å². The highest BCUT2D eigenvalue weighted by atomic mass is 32.2. The molecule has 0 saturated carbocycles. The van der Waals surface area contributed by atoms with Gasteiger partial charge >= 0.3 is 0 Å². The lowest BCUT2D eigenvalue weighted by Gasteiger charge is -2.03. The van der Waals surface area contributed by atoms with Crippen molar-refractivity contribution in [3.8, 4) is 0 Å². The maximum atomic E-state index is 11.5. The van der Waals surface area contributed by atoms with E-state index in [1.54, 1.807) is 24.3 Å². The molecule has 66 valence electrons. The molecule has 3 nitrogen and oxygen atoms in total. The number of carbonyl (C=O) groups is 1. The first-order valence-electron chi connectivity index (χ1n) is 3.76. The Morgan fingerprint density at radius 2 is 2.00 bits per heavy atom. The number of nitrogens with one attached hydrogen (secondary N) is 1. The third kappa shape index (κ3) is 1.53. The van der Waals surface area contributed by atoms with Crippen molar-refractivity contribution in [3.63, 3.8) is 0 Å². The third-order valence-corrected chi connectivity index (χ3v) is 2.88. The maximum Gasteiger partial charge on any atom is 0.249 e. The van der Waals surface area contributed by atoms with Gasteiger partial charge in [-0.2, -0.15) is 0 Å². The van der Waals surface area contributed by atoms with Crippen LogP contribution in [0.5, 0.6) is 0 Å². The molecule has 4 heteroatoms. The Bertz CT molecular complexity index is 412. The number of para-hydroxylation sites is 1. The molecule has 0 spiro atoms. The van der Waals surface area contributed by atoms with Gasteiger partial charge in [0.15, 0.2) is 0 Å². The van der Waals surface area contributed by atoms with Crippen LogP contribution in [0.1, 0.15) is 0 Å². The fourth-order valence-corrected chi connectivity index (χ4v) is 2.06. The van der Waals surface area contributed by atoms with Gasteiger partial charge in [0.2, 0.25) is 5.91 Å². The summed E-state index contributed by atoms with van der Waals surface area (Å²) >= 11 is 0. The van der Waals surface area contributed by atoms with Crippen LogP contribution in [0.15, 0.2) is 40.6 Å². The van der Waals surface area contributed by atoms with Gasteiger partial charge in [0.1, 0.15) is 0 Å². The van der Waals surface area contributed by atoms with E-state index in [9.17, 15) is 9.00 Å². The molecule has 0 saturated heterocycles. The third-order valence-electron chi connectivity index (χ3n) is 1.70. The van der Waals surface area contributed by atoms with Crippen molar-refractivity contribution >= 4 is 22.4 Å². The lowest BCUT2D eigenvalue weighted by molar-refractivity contribution is -0.111. The molecule has 1 amide bonds. The van der Waals surface area contributed by atoms with Crippen LogP contribution in [0.3, 0.4) is 0 Å². The van der Waals surface area contributed by atoms with E-state index in [1.807, 2.05) is 0 Å². The zero-order valence-corrected chi connectivity index (χ0v) is 7.51. The van der Waals surface area contributed by atoms with Crippen molar-refractivity contribution in [2.45, 2.75) is 4.90 Å². The summed E-state index contributed by atoms with van der Waals surface area (Å²) in [6.45, 7) is 0. The number of anilines is 1. The number of hydrogen-bond acceptors (Lipinski definition) is 2. The van der Waals surface area contributed by atoms with Crippen LogP contribution < -0.4 is 5.32 Å². The summed E-state index contributed by atoms with van der Waals surface area (Å²) in [7, 11) is -1.22. The van der Waals surface area contributed by atoms with Gasteiger partial charge in [-0.3, -0.25) is 4.79 Å². The van der Waals surface area contributed by atoms with Crippen molar-refractivity contribution in [1.29, 1.82) is 0 Å². The van der Waals surface area contributed by atoms with Crippen molar-refractivity contribution in [1.82, 2.24) is 0 Å². The molecule has 0 bridgehead atoms. The normalized spacial score (nSPS) is 20.3. The number of hydrogen-bond donors (Lipinski definition) is 1. The molecule has 0 radical (unpaired) electrons. The van der Waals surface area contributed by atoms with Gasteiger partial charge in [-0.1, -0.05) is 12.1 Å². The van der Waals surface area contributed by atoms with Crippen molar-refractivity contribution in [2.24, 2.45) is 0 Å². The number of amides is 1. The number of benzene rings is 1. The predicted molar refractivity (Wildman–Crippen MR) is 50.6 cm³/mol. The second-order valence-electron chi connectivity index (χ2n) is 2.59. The molecular weight excluding hydrogens is 186 g/mol. The van der Waals surface area contributed by atoms with Crippen LogP contribution in [0.2, 0.25) is 0 Å². The number of rotatable bonds is 0. The van der Waals surface area contributed by atoms with Crippen molar-refractivity contribution in [2.75, 3.05) is 5.32 Å². The summed E-state index contributed by atoms with van der Waals surface area (Å²) in [4.78, 5) is 11.7. The van der Waals surface area contributed by atoms with Gasteiger partial charge in [0, 0.05) is 11.5 Å². The molecule has 1 aromatic carbocycles. The molecule has 2 rings (SSSR count). The molecule has 0 aliphatic carbocycles. The summed E-state index contributed by atoms with van der Waals surface area (Å²) in [5.41, 5.74) is 0.621. The van der Waals surface area contributed by atoms with Crippen LogP contribution in [0.25, 0.3) is 0 Å². The Morgan fingerprint density at radius 1 is 1.23 bits per heavy atom. The fourth-order valence-electron chi connectivity index (χ4n) is 1.12. The molecule has 1 aliphatic heterocycles. The van der Waals surface area contributed by atoms with Crippen LogP contribution in [-0.4, -0.2) is 10.1 Å². The second kappa shape index (κ2) is 3.14. The van der Waals surface area contributed by atoms with Gasteiger partial charge in [-0.05, 0) is 12.1 Å². The quantitative estimate of drug-likeness (QED) is 0.674. The molecule has 1 aromatic rings. The average molecular weight is 193 g/mol. The highest BCUT2D eigenvalue weighted by Crippen LogP contribution is 2.21. The van der Waals surface area contributed by atoms with E-state index < -0.39 is 10.8 Å². The molecule has 1 aliphatic rings. The van der Waals surface area contributed by atoms with Gasteiger partial charge in [0.25, 0.3) is 0 Å². The first-order chi connectivity index (χ1) is 6.27. The SMILES string of the molecule is O=C1C=CS(=O)c2ccccc2N1. The molecule has 0 fully saturated rings. The van der Waals surface area contributed by atoms with Crippen LogP contribution in [0, 0.1) is 0 Å². The van der Waals surface area contributed by atoms with Crippen LogP contribution >= 0.6 is 0 Å². The zero-order valence-electron chi connectivity index (χ0n) is 6.69. The van der Waals surface area contributed by atoms with Gasteiger partial charge in [-0.15, -0.1) is 0 Å². The molecule has 1 atom stereocenters. The fraction of sp³-hybridized carbons (Fsp3) is 0. The van der Waals surface area contributed by atoms with Crippen molar-refractivity contribution < 1.29 is 9.00 Å². The minimum absolute atomic E-state index is 0.238. The van der Waals surface area contributed by atoms with Gasteiger partial charge in [-0.25, -0.2) is 4.21 Å². The smallest absolute Gasteiger partial charge is 0.249 e. The van der Waals surface area contributed by atoms with Crippen molar-refractivity contribution in [3.05, 3.63) is 35.7 Å². The number of carbonyl (C=O) groups excluding carboxylic acids is 1. The number of fused-ring (bicyclic) bond motifs is 1. The van der Waals surface area contributed by atoms with E-state index in [-0.39, 0.29) is 5.91 Å². The summed E-state index contributed by atoms with van der Waals surface area (Å²) in [6.07, 6.45) is 1.29. The standard InChI is InChI=1S/C9H7NO2S/c11-9-5-6-13(12)8-4-2-1-3-7(8)10-9/h1-6H,(H,10,11). The van der Waals surface area contributed by atoms with E-state index in [0.29, 0.717) is 10.6 Å². The van der Waals surface area contributed by atoms with E-state index >= 15 is 0 Å². The summed E-state index contributed by atoms with van der Waals surface area (Å²) in [5, 5.41) is 4.02. The Morgan fingerprint density at radius 3 is 2.85 bits per heavy atom. The maximum absolute atomic E-state index is 11.5. The average Bonchev–Trinajstić information content (AvgIpc) is 2.27. The van der Waals surface area contributed by atoms with Gasteiger partial charge < -0.3 is 5.32 Å². The lowest BCUT2D eigenvalue weighted by Crippen LogP contribution is -2.06. The minimum Gasteiger partial charge on any atom is -0.321 e. The molecule has 1 N–H and O–H groups in total. The monoisotopic (exact) mass is 193 g/mol. The highest BCUT2D eigenvalue weighted by molar-refractivity contribution is 7.88. The second-order valence-corrected chi connectivity index (χ2v) is 3.89. The first kappa shape index (κ1) is 8.19. The summed E-state index contributed by atoms with van der Waals surface area (Å²) in [5.74, 6) is -0.238. The van der Waals surface area contributed by atoms with Crippen LogP contribution in [-0.2, 0) is 15.6 Å². The predicted octanol–water partition coefficient (Wildman–Crippen LogP) is 1.26. The molecular formula is C9H7NO2S. The Hall–Kier alpha value is -1.42. The Kier molecular flexibility index (Phi) is 1.98.